The van der Waals surface area contributed by atoms with Crippen molar-refractivity contribution in [3.8, 4) is 0 Å². The van der Waals surface area contributed by atoms with Crippen molar-refractivity contribution in [2.75, 3.05) is 13.2 Å². The number of hydrogen-bond donors (Lipinski definition) is 3. The Hall–Kier alpha value is -1.40. The molecule has 0 saturated carbocycles. The number of nitrogens with one attached hydrogen (secondary N) is 1. The summed E-state index contributed by atoms with van der Waals surface area (Å²) in [5, 5.41) is 23.3. The molecule has 0 aromatic heterocycles. The number of carbonyl (C=O) groups is 2. The van der Waals surface area contributed by atoms with Crippen LogP contribution in [-0.2, 0) is 14.3 Å². The Balaban J connectivity index is 3.37. The highest BCUT2D eigenvalue weighted by molar-refractivity contribution is 5.76. The van der Waals surface area contributed by atoms with Crippen LogP contribution in [0.4, 0.5) is 0 Å². The minimum absolute atomic E-state index is 0.0165. The number of aliphatic hydroxyl groups is 2. The van der Waals surface area contributed by atoms with Gasteiger partial charge in [0.1, 0.15) is 0 Å². The van der Waals surface area contributed by atoms with Gasteiger partial charge in [0.25, 0.3) is 0 Å². The summed E-state index contributed by atoms with van der Waals surface area (Å²) in [6, 6.07) is -0.541. The van der Waals surface area contributed by atoms with Gasteiger partial charge in [-0.1, -0.05) is 309 Å². The second-order valence-electron chi connectivity index (χ2n) is 22.1. The Morgan fingerprint density at radius 3 is 1.01 bits per heavy atom. The lowest BCUT2D eigenvalue weighted by molar-refractivity contribution is -0.143. The zero-order chi connectivity index (χ0) is 50.7. The number of esters is 1. The fraction of sp³-hybridized carbons (Fsp3) is 0.938. The topological polar surface area (TPSA) is 95.9 Å². The number of unbranched alkanes of at least 4 members (excludes halogenated alkanes) is 47. The van der Waals surface area contributed by atoms with Crippen molar-refractivity contribution in [1.82, 2.24) is 5.32 Å². The third-order valence-corrected chi connectivity index (χ3v) is 15.1. The maximum atomic E-state index is 12.5. The van der Waals surface area contributed by atoms with Crippen molar-refractivity contribution in [3.05, 3.63) is 12.2 Å². The van der Waals surface area contributed by atoms with Gasteiger partial charge in [-0.15, -0.1) is 0 Å². The largest absolute Gasteiger partial charge is 0.466 e. The van der Waals surface area contributed by atoms with E-state index in [9.17, 15) is 19.8 Å². The predicted octanol–water partition coefficient (Wildman–Crippen LogP) is 20.0. The molecular weight excluding hydrogens is 863 g/mol. The Morgan fingerprint density at radius 2 is 0.671 bits per heavy atom. The van der Waals surface area contributed by atoms with Crippen LogP contribution >= 0.6 is 0 Å². The second kappa shape index (κ2) is 60.2. The van der Waals surface area contributed by atoms with Gasteiger partial charge in [-0.2, -0.15) is 0 Å². The quantitative estimate of drug-likeness (QED) is 0.0321. The molecule has 6 nitrogen and oxygen atoms in total. The summed E-state index contributed by atoms with van der Waals surface area (Å²) in [4.78, 5) is 24.5. The van der Waals surface area contributed by atoms with Crippen molar-refractivity contribution in [2.24, 2.45) is 0 Å². The van der Waals surface area contributed by atoms with Crippen LogP contribution in [0.3, 0.4) is 0 Å². The average Bonchev–Trinajstić information content (AvgIpc) is 3.36. The molecule has 2 unspecified atom stereocenters. The first-order chi connectivity index (χ1) is 34.5. The van der Waals surface area contributed by atoms with Crippen molar-refractivity contribution in [1.29, 1.82) is 0 Å². The number of amides is 1. The molecule has 0 aromatic rings. The fourth-order valence-electron chi connectivity index (χ4n) is 10.2. The number of carbonyl (C=O) groups excluding carboxylic acids is 2. The molecule has 0 rings (SSSR count). The molecule has 70 heavy (non-hydrogen) atoms. The first-order valence-electron chi connectivity index (χ1n) is 31.9. The van der Waals surface area contributed by atoms with Crippen molar-refractivity contribution in [3.63, 3.8) is 0 Å². The SMILES string of the molecule is CCCCCCCCCCCCCCCCC(O)C(CO)NC(=O)CCCCCCCCCCCC/C=C\CCCCCCCCCCCCCCOC(=O)CCCCCCCCCCCCCCC. The van der Waals surface area contributed by atoms with Crippen molar-refractivity contribution in [2.45, 2.75) is 373 Å². The van der Waals surface area contributed by atoms with Gasteiger partial charge >= 0.3 is 5.97 Å². The van der Waals surface area contributed by atoms with Crippen LogP contribution in [0.1, 0.15) is 361 Å². The third-order valence-electron chi connectivity index (χ3n) is 15.1. The van der Waals surface area contributed by atoms with Crippen molar-refractivity contribution >= 4 is 11.9 Å². The minimum atomic E-state index is -0.664. The molecular formula is C64H125NO5. The zero-order valence-electron chi connectivity index (χ0n) is 47.5. The minimum Gasteiger partial charge on any atom is -0.466 e. The maximum Gasteiger partial charge on any atom is 0.305 e. The number of hydrogen-bond acceptors (Lipinski definition) is 5. The third kappa shape index (κ3) is 55.9. The van der Waals surface area contributed by atoms with Gasteiger partial charge < -0.3 is 20.3 Å². The Bertz CT molecular complexity index is 1050. The fourth-order valence-corrected chi connectivity index (χ4v) is 10.2. The molecule has 416 valence electrons. The molecule has 0 aliphatic rings. The molecule has 0 heterocycles. The molecule has 0 spiro atoms. The van der Waals surface area contributed by atoms with E-state index < -0.39 is 12.1 Å². The number of aliphatic hydroxyl groups excluding tert-OH is 2. The van der Waals surface area contributed by atoms with Crippen LogP contribution < -0.4 is 5.32 Å². The Morgan fingerprint density at radius 1 is 0.386 bits per heavy atom. The summed E-state index contributed by atoms with van der Waals surface area (Å²) >= 11 is 0. The van der Waals surface area contributed by atoms with Crippen LogP contribution in [0.2, 0.25) is 0 Å². The number of allylic oxidation sites excluding steroid dienone is 2. The summed E-state index contributed by atoms with van der Waals surface area (Å²) in [5.41, 5.74) is 0. The monoisotopic (exact) mass is 988 g/mol. The van der Waals surface area contributed by atoms with E-state index in [2.05, 4.69) is 31.3 Å². The highest BCUT2D eigenvalue weighted by Gasteiger charge is 2.20. The van der Waals surface area contributed by atoms with Gasteiger partial charge in [-0.3, -0.25) is 9.59 Å². The Labute approximate surface area is 438 Å². The molecule has 0 saturated heterocycles. The lowest BCUT2D eigenvalue weighted by atomic mass is 10.0. The lowest BCUT2D eigenvalue weighted by Gasteiger charge is -2.22. The second-order valence-corrected chi connectivity index (χ2v) is 22.1. The summed E-state index contributed by atoms with van der Waals surface area (Å²) < 4.78 is 5.48. The molecule has 3 N–H and O–H groups in total. The molecule has 1 amide bonds. The van der Waals surface area contributed by atoms with E-state index >= 15 is 0 Å². The first-order valence-corrected chi connectivity index (χ1v) is 31.9. The van der Waals surface area contributed by atoms with Crippen LogP contribution in [0, 0.1) is 0 Å². The maximum absolute atomic E-state index is 12.5. The van der Waals surface area contributed by atoms with E-state index in [4.69, 9.17) is 4.74 Å². The molecule has 0 aliphatic heterocycles. The summed E-state index contributed by atoms with van der Waals surface area (Å²) in [6.45, 7) is 4.98. The summed E-state index contributed by atoms with van der Waals surface area (Å²) in [5.74, 6) is -0.0181. The summed E-state index contributed by atoms with van der Waals surface area (Å²) in [7, 11) is 0. The van der Waals surface area contributed by atoms with E-state index in [1.54, 1.807) is 0 Å². The van der Waals surface area contributed by atoms with Gasteiger partial charge in [0.05, 0.1) is 25.4 Å². The normalized spacial score (nSPS) is 12.6. The highest BCUT2D eigenvalue weighted by Crippen LogP contribution is 2.18. The molecule has 0 aliphatic carbocycles. The predicted molar refractivity (Wildman–Crippen MR) is 306 cm³/mol. The Kier molecular flexibility index (Phi) is 59.0. The van der Waals surface area contributed by atoms with Gasteiger partial charge in [0.15, 0.2) is 0 Å². The lowest BCUT2D eigenvalue weighted by Crippen LogP contribution is -2.45. The first kappa shape index (κ1) is 68.6. The smallest absolute Gasteiger partial charge is 0.305 e. The molecule has 0 aromatic carbocycles. The molecule has 0 fully saturated rings. The zero-order valence-corrected chi connectivity index (χ0v) is 47.5. The van der Waals surface area contributed by atoms with Crippen LogP contribution in [-0.4, -0.2) is 47.4 Å². The van der Waals surface area contributed by atoms with Gasteiger partial charge in [0.2, 0.25) is 5.91 Å². The average molecular weight is 989 g/mol. The van der Waals surface area contributed by atoms with Gasteiger partial charge in [0, 0.05) is 12.8 Å². The van der Waals surface area contributed by atoms with Gasteiger partial charge in [-0.05, 0) is 51.4 Å². The van der Waals surface area contributed by atoms with Crippen LogP contribution in [0.25, 0.3) is 0 Å². The molecule has 2 atom stereocenters. The number of ether oxygens (including phenoxy) is 1. The van der Waals surface area contributed by atoms with Crippen LogP contribution in [0.5, 0.6) is 0 Å². The van der Waals surface area contributed by atoms with Gasteiger partial charge in [-0.25, -0.2) is 0 Å². The molecule has 0 bridgehead atoms. The molecule has 6 heteroatoms. The standard InChI is InChI=1S/C64H125NO5/c1-3-5-7-9-11-13-15-17-33-36-40-44-48-52-56-62(67)61(60-66)65-63(68)57-53-49-45-41-37-34-30-28-26-24-22-20-18-19-21-23-25-27-29-31-35-39-43-47-51-55-59-70-64(69)58-54-50-46-42-38-32-16-14-12-10-8-6-4-2/h18,20,61-62,66-67H,3-17,19,21-60H2,1-2H3,(H,65,68)/b20-18-. The van der Waals surface area contributed by atoms with E-state index in [0.717, 1.165) is 38.5 Å². The van der Waals surface area contributed by atoms with E-state index in [1.807, 2.05) is 0 Å². The van der Waals surface area contributed by atoms with Crippen molar-refractivity contribution < 1.29 is 24.5 Å². The van der Waals surface area contributed by atoms with Crippen LogP contribution in [0.15, 0.2) is 12.2 Å². The highest BCUT2D eigenvalue weighted by atomic mass is 16.5. The van der Waals surface area contributed by atoms with E-state index in [0.29, 0.717) is 25.9 Å². The number of rotatable bonds is 60. The van der Waals surface area contributed by atoms with E-state index in [1.165, 1.54) is 289 Å². The molecule has 0 radical (unpaired) electrons. The summed E-state index contributed by atoms with van der Waals surface area (Å²) in [6.07, 6.45) is 72.3. The van der Waals surface area contributed by atoms with E-state index in [-0.39, 0.29) is 18.5 Å².